The number of aliphatic carboxylic acids is 1. The van der Waals surface area contributed by atoms with E-state index in [2.05, 4.69) is 10.3 Å². The minimum Gasteiger partial charge on any atom is -0.481 e. The van der Waals surface area contributed by atoms with Crippen molar-refractivity contribution in [2.24, 2.45) is 5.92 Å². The van der Waals surface area contributed by atoms with Crippen LogP contribution in [0.2, 0.25) is 0 Å². The molecule has 1 fully saturated rings. The first-order chi connectivity index (χ1) is 11.6. The van der Waals surface area contributed by atoms with Crippen LogP contribution < -0.4 is 10.1 Å². The van der Waals surface area contributed by atoms with Crippen molar-refractivity contribution in [3.05, 3.63) is 54.4 Å². The summed E-state index contributed by atoms with van der Waals surface area (Å²) >= 11 is 0. The van der Waals surface area contributed by atoms with Crippen molar-refractivity contribution in [1.29, 1.82) is 0 Å². The number of hydrogen-bond donors (Lipinski definition) is 2. The Kier molecular flexibility index (Phi) is 4.74. The van der Waals surface area contributed by atoms with Gasteiger partial charge < -0.3 is 15.2 Å². The van der Waals surface area contributed by atoms with E-state index in [-0.39, 0.29) is 11.9 Å². The number of nitrogens with one attached hydrogen (secondary N) is 1. The van der Waals surface area contributed by atoms with Crippen molar-refractivity contribution >= 4 is 11.9 Å². The molecule has 1 aromatic carbocycles. The molecule has 1 aliphatic carbocycles. The van der Waals surface area contributed by atoms with E-state index in [1.165, 1.54) is 0 Å². The van der Waals surface area contributed by atoms with Crippen LogP contribution in [0, 0.1) is 5.92 Å². The normalized spacial score (nSPS) is 19.7. The second kappa shape index (κ2) is 7.12. The topological polar surface area (TPSA) is 88.5 Å². The maximum absolute atomic E-state index is 12.3. The number of rotatable bonds is 5. The van der Waals surface area contributed by atoms with Crippen molar-refractivity contribution in [1.82, 2.24) is 10.3 Å². The van der Waals surface area contributed by atoms with E-state index in [1.807, 2.05) is 0 Å². The number of pyridine rings is 1. The molecule has 2 N–H and O–H groups in total. The molecule has 0 spiro atoms. The Hall–Kier alpha value is -2.89. The molecule has 1 amide bonds. The molecule has 0 aliphatic heterocycles. The number of carboxylic acids is 1. The molecule has 0 bridgehead atoms. The summed E-state index contributed by atoms with van der Waals surface area (Å²) in [6, 6.07) is 9.98. The van der Waals surface area contributed by atoms with Crippen LogP contribution in [0.25, 0.3) is 0 Å². The molecule has 124 valence electrons. The molecule has 2 aromatic rings. The van der Waals surface area contributed by atoms with Gasteiger partial charge >= 0.3 is 5.97 Å². The van der Waals surface area contributed by atoms with Gasteiger partial charge in [0, 0.05) is 17.8 Å². The molecule has 0 saturated heterocycles. The lowest BCUT2D eigenvalue weighted by Gasteiger charge is -2.17. The Labute approximate surface area is 139 Å². The zero-order valence-corrected chi connectivity index (χ0v) is 13.0. The first kappa shape index (κ1) is 16.0. The summed E-state index contributed by atoms with van der Waals surface area (Å²) in [5.41, 5.74) is 0.476. The van der Waals surface area contributed by atoms with Crippen molar-refractivity contribution in [3.8, 4) is 11.5 Å². The summed E-state index contributed by atoms with van der Waals surface area (Å²) in [6.07, 6.45) is 5.39. The minimum absolute atomic E-state index is 0.263. The summed E-state index contributed by atoms with van der Waals surface area (Å²) in [4.78, 5) is 27.4. The number of carbonyl (C=O) groups excluding carboxylic acids is 1. The van der Waals surface area contributed by atoms with E-state index in [1.54, 1.807) is 48.8 Å². The summed E-state index contributed by atoms with van der Waals surface area (Å²) in [5, 5.41) is 12.0. The van der Waals surface area contributed by atoms with Gasteiger partial charge in [-0.2, -0.15) is 0 Å². The largest absolute Gasteiger partial charge is 0.481 e. The molecule has 0 unspecified atom stereocenters. The second-order valence-corrected chi connectivity index (χ2v) is 5.77. The molecule has 6 heteroatoms. The summed E-state index contributed by atoms with van der Waals surface area (Å²) in [6.45, 7) is 0. The number of benzene rings is 1. The van der Waals surface area contributed by atoms with Gasteiger partial charge in [0.1, 0.15) is 11.5 Å². The van der Waals surface area contributed by atoms with Crippen LogP contribution in [0.4, 0.5) is 0 Å². The molecule has 1 saturated carbocycles. The third kappa shape index (κ3) is 3.71. The Morgan fingerprint density at radius 3 is 2.58 bits per heavy atom. The first-order valence-corrected chi connectivity index (χ1v) is 7.85. The number of carbonyl (C=O) groups is 2. The Morgan fingerprint density at radius 1 is 1.12 bits per heavy atom. The average molecular weight is 326 g/mol. The lowest BCUT2D eigenvalue weighted by Crippen LogP contribution is -2.40. The number of hydrogen-bond acceptors (Lipinski definition) is 4. The molecular weight excluding hydrogens is 308 g/mol. The van der Waals surface area contributed by atoms with Crippen LogP contribution >= 0.6 is 0 Å². The van der Waals surface area contributed by atoms with Crippen molar-refractivity contribution in [2.75, 3.05) is 0 Å². The minimum atomic E-state index is -0.849. The Morgan fingerprint density at radius 2 is 1.92 bits per heavy atom. The molecule has 24 heavy (non-hydrogen) atoms. The highest BCUT2D eigenvalue weighted by atomic mass is 16.5. The predicted molar refractivity (Wildman–Crippen MR) is 87.0 cm³/mol. The van der Waals surface area contributed by atoms with E-state index >= 15 is 0 Å². The fourth-order valence-corrected chi connectivity index (χ4v) is 2.90. The molecule has 1 aliphatic rings. The monoisotopic (exact) mass is 326 g/mol. The summed E-state index contributed by atoms with van der Waals surface area (Å²) in [5.74, 6) is -0.394. The lowest BCUT2D eigenvalue weighted by atomic mass is 10.0. The van der Waals surface area contributed by atoms with Crippen molar-refractivity contribution in [2.45, 2.75) is 25.3 Å². The zero-order chi connectivity index (χ0) is 16.9. The summed E-state index contributed by atoms with van der Waals surface area (Å²) < 4.78 is 5.62. The number of aromatic nitrogens is 1. The van der Waals surface area contributed by atoms with Crippen LogP contribution in [0.5, 0.6) is 11.5 Å². The van der Waals surface area contributed by atoms with Gasteiger partial charge in [-0.15, -0.1) is 0 Å². The second-order valence-electron chi connectivity index (χ2n) is 5.77. The highest BCUT2D eigenvalue weighted by Crippen LogP contribution is 2.26. The molecule has 2 atom stereocenters. The van der Waals surface area contributed by atoms with Crippen LogP contribution in [0.15, 0.2) is 48.8 Å². The van der Waals surface area contributed by atoms with Crippen molar-refractivity contribution < 1.29 is 19.4 Å². The Bertz CT molecular complexity index is 716. The third-order valence-corrected chi connectivity index (χ3v) is 4.14. The van der Waals surface area contributed by atoms with Crippen LogP contribution in [0.3, 0.4) is 0 Å². The van der Waals surface area contributed by atoms with Gasteiger partial charge in [-0.25, -0.2) is 0 Å². The fraction of sp³-hybridized carbons (Fsp3) is 0.278. The van der Waals surface area contributed by atoms with E-state index in [4.69, 9.17) is 4.74 Å². The van der Waals surface area contributed by atoms with E-state index < -0.39 is 11.9 Å². The maximum Gasteiger partial charge on any atom is 0.308 e. The van der Waals surface area contributed by atoms with Crippen LogP contribution in [-0.4, -0.2) is 28.0 Å². The van der Waals surface area contributed by atoms with Crippen molar-refractivity contribution in [3.63, 3.8) is 0 Å². The molecular formula is C18H18N2O4. The van der Waals surface area contributed by atoms with Crippen LogP contribution in [-0.2, 0) is 4.79 Å². The average Bonchev–Trinajstić information content (AvgIpc) is 3.05. The maximum atomic E-state index is 12.3. The molecule has 1 heterocycles. The molecule has 0 radical (unpaired) electrons. The summed E-state index contributed by atoms with van der Waals surface area (Å²) in [7, 11) is 0. The van der Waals surface area contributed by atoms with Gasteiger partial charge in [-0.05, 0) is 49.2 Å². The van der Waals surface area contributed by atoms with E-state index in [0.717, 1.165) is 6.42 Å². The van der Waals surface area contributed by atoms with Gasteiger partial charge in [0.2, 0.25) is 0 Å². The van der Waals surface area contributed by atoms with Gasteiger partial charge in [0.05, 0.1) is 12.1 Å². The van der Waals surface area contributed by atoms with Gasteiger partial charge in [0.15, 0.2) is 0 Å². The molecule has 1 aromatic heterocycles. The standard InChI is InChI=1S/C18H18N2O4/c21-17(20-16-5-1-4-15(16)18(22)23)12-6-8-13(9-7-12)24-14-3-2-10-19-11-14/h2-3,6-11,15-16H,1,4-5H2,(H,20,21)(H,22,23)/t15-,16+/m1/s1. The first-order valence-electron chi connectivity index (χ1n) is 7.85. The number of ether oxygens (including phenoxy) is 1. The van der Waals surface area contributed by atoms with Gasteiger partial charge in [-0.1, -0.05) is 6.42 Å². The zero-order valence-electron chi connectivity index (χ0n) is 13.0. The van der Waals surface area contributed by atoms with Gasteiger partial charge in [-0.3, -0.25) is 14.6 Å². The van der Waals surface area contributed by atoms with Gasteiger partial charge in [0.25, 0.3) is 5.91 Å². The third-order valence-electron chi connectivity index (χ3n) is 4.14. The smallest absolute Gasteiger partial charge is 0.308 e. The van der Waals surface area contributed by atoms with E-state index in [0.29, 0.717) is 29.9 Å². The SMILES string of the molecule is O=C(N[C@H]1CCC[C@H]1C(=O)O)c1ccc(Oc2cccnc2)cc1. The van der Waals surface area contributed by atoms with Crippen LogP contribution in [0.1, 0.15) is 29.6 Å². The number of nitrogens with zero attached hydrogens (tertiary/aromatic N) is 1. The Balaban J connectivity index is 1.62. The lowest BCUT2D eigenvalue weighted by molar-refractivity contribution is -0.142. The number of amides is 1. The quantitative estimate of drug-likeness (QED) is 0.882. The highest BCUT2D eigenvalue weighted by molar-refractivity contribution is 5.94. The molecule has 6 nitrogen and oxygen atoms in total. The molecule has 3 rings (SSSR count). The van der Waals surface area contributed by atoms with E-state index in [9.17, 15) is 14.7 Å². The predicted octanol–water partition coefficient (Wildman–Crippen LogP) is 2.86. The fourth-order valence-electron chi connectivity index (χ4n) is 2.90. The number of carboxylic acid groups (broad SMARTS) is 1. The highest BCUT2D eigenvalue weighted by Gasteiger charge is 2.33.